The monoisotopic (exact) mass is 544 g/mol. The summed E-state index contributed by atoms with van der Waals surface area (Å²) in [4.78, 5) is 63.2. The molecule has 3 aromatic rings. The maximum absolute atomic E-state index is 14.0. The summed E-state index contributed by atoms with van der Waals surface area (Å²) in [5.41, 5.74) is 0.245. The molecule has 0 aliphatic carbocycles. The SMILES string of the molecule is Cc1ccc(C)c(C2NC(Cc3ccc([N+](=O)[O-])cc3)(C(=O)O)C3C(=O)N(c4cccc([N+](=O)[O-])c4)C(=O)C23)c1. The lowest BCUT2D eigenvalue weighted by atomic mass is 9.76. The minimum atomic E-state index is -1.95. The van der Waals surface area contributed by atoms with E-state index in [2.05, 4.69) is 5.32 Å². The van der Waals surface area contributed by atoms with Gasteiger partial charge in [-0.15, -0.1) is 0 Å². The average Bonchev–Trinajstić information content (AvgIpc) is 3.39. The summed E-state index contributed by atoms with van der Waals surface area (Å²) in [5, 5.41) is 36.3. The minimum Gasteiger partial charge on any atom is -0.480 e. The van der Waals surface area contributed by atoms with E-state index < -0.39 is 51.0 Å². The third kappa shape index (κ3) is 4.18. The highest BCUT2D eigenvalue weighted by molar-refractivity contribution is 6.24. The molecule has 4 unspecified atom stereocenters. The summed E-state index contributed by atoms with van der Waals surface area (Å²) in [6.07, 6.45) is -0.245. The topological polar surface area (TPSA) is 173 Å². The molecule has 12 heteroatoms. The first-order chi connectivity index (χ1) is 18.9. The van der Waals surface area contributed by atoms with E-state index in [9.17, 15) is 39.7 Å². The molecule has 40 heavy (non-hydrogen) atoms. The van der Waals surface area contributed by atoms with Crippen LogP contribution in [0.5, 0.6) is 0 Å². The number of anilines is 1. The van der Waals surface area contributed by atoms with Gasteiger partial charge in [-0.1, -0.05) is 42.0 Å². The molecule has 0 aromatic heterocycles. The van der Waals surface area contributed by atoms with Gasteiger partial charge >= 0.3 is 5.97 Å². The van der Waals surface area contributed by atoms with Crippen molar-refractivity contribution in [3.63, 3.8) is 0 Å². The number of nitro benzene ring substituents is 2. The Morgan fingerprint density at radius 3 is 2.25 bits per heavy atom. The number of hydrogen-bond acceptors (Lipinski definition) is 8. The van der Waals surface area contributed by atoms with Crippen molar-refractivity contribution in [1.82, 2.24) is 5.32 Å². The van der Waals surface area contributed by atoms with Crippen LogP contribution in [0.3, 0.4) is 0 Å². The van der Waals surface area contributed by atoms with Gasteiger partial charge in [0.25, 0.3) is 11.4 Å². The van der Waals surface area contributed by atoms with Gasteiger partial charge in [-0.05, 0) is 36.6 Å². The number of nitrogens with one attached hydrogen (secondary N) is 1. The number of aryl methyl sites for hydroxylation is 2. The fraction of sp³-hybridized carbons (Fsp3) is 0.250. The van der Waals surface area contributed by atoms with Crippen molar-refractivity contribution in [1.29, 1.82) is 0 Å². The number of carbonyl (C=O) groups is 3. The van der Waals surface area contributed by atoms with Gasteiger partial charge in [-0.25, -0.2) is 4.90 Å². The number of benzene rings is 3. The van der Waals surface area contributed by atoms with E-state index in [1.165, 1.54) is 42.5 Å². The van der Waals surface area contributed by atoms with Crippen molar-refractivity contribution in [2.75, 3.05) is 4.90 Å². The van der Waals surface area contributed by atoms with Gasteiger partial charge in [0.15, 0.2) is 0 Å². The van der Waals surface area contributed by atoms with Crippen LogP contribution in [0.25, 0.3) is 0 Å². The number of hydrogen-bond donors (Lipinski definition) is 2. The average molecular weight is 545 g/mol. The Morgan fingerprint density at radius 2 is 1.62 bits per heavy atom. The number of carbonyl (C=O) groups excluding carboxylic acids is 2. The Labute approximate surface area is 227 Å². The normalized spacial score (nSPS) is 23.8. The van der Waals surface area contributed by atoms with E-state index >= 15 is 0 Å². The van der Waals surface area contributed by atoms with Crippen LogP contribution in [0.1, 0.15) is 28.3 Å². The molecule has 0 spiro atoms. The summed E-state index contributed by atoms with van der Waals surface area (Å²) >= 11 is 0. The molecule has 4 atom stereocenters. The van der Waals surface area contributed by atoms with Crippen molar-refractivity contribution in [2.45, 2.75) is 31.8 Å². The van der Waals surface area contributed by atoms with Crippen LogP contribution in [0.15, 0.2) is 66.7 Å². The van der Waals surface area contributed by atoms with Gasteiger partial charge in [0.05, 0.1) is 27.4 Å². The van der Waals surface area contributed by atoms with Crippen LogP contribution in [-0.4, -0.2) is 38.3 Å². The molecule has 204 valence electrons. The third-order valence-electron chi connectivity index (χ3n) is 7.73. The summed E-state index contributed by atoms with van der Waals surface area (Å²) < 4.78 is 0. The Bertz CT molecular complexity index is 1590. The Hall–Kier alpha value is -4.97. The molecule has 0 radical (unpaired) electrons. The molecule has 3 aromatic carbocycles. The number of aliphatic carboxylic acids is 1. The number of imide groups is 1. The molecule has 2 heterocycles. The number of nitrogens with zero attached hydrogens (tertiary/aromatic N) is 3. The largest absolute Gasteiger partial charge is 0.480 e. The molecular weight excluding hydrogens is 520 g/mol. The maximum atomic E-state index is 14.0. The lowest BCUT2D eigenvalue weighted by Gasteiger charge is -2.31. The Balaban J connectivity index is 1.67. The van der Waals surface area contributed by atoms with Crippen molar-refractivity contribution in [3.8, 4) is 0 Å². The Kier molecular flexibility index (Phi) is 6.42. The van der Waals surface area contributed by atoms with Crippen LogP contribution >= 0.6 is 0 Å². The lowest BCUT2D eigenvalue weighted by Crippen LogP contribution is -2.57. The number of nitro groups is 2. The minimum absolute atomic E-state index is 0.0204. The van der Waals surface area contributed by atoms with Crippen molar-refractivity contribution < 1.29 is 29.3 Å². The van der Waals surface area contributed by atoms with E-state index in [1.54, 1.807) is 0 Å². The Morgan fingerprint density at radius 1 is 0.950 bits per heavy atom. The zero-order valence-corrected chi connectivity index (χ0v) is 21.4. The number of rotatable bonds is 7. The molecule has 0 saturated carbocycles. The van der Waals surface area contributed by atoms with Gasteiger partial charge in [0.2, 0.25) is 11.8 Å². The standard InChI is InChI=1S/C28H24N4O8/c1-15-6-7-16(2)21(12-15)24-22-23(26(34)30(25(22)33)19-4-3-5-20(13-19)32(39)40)28(29-24,27(35)36)14-17-8-10-18(11-9-17)31(37)38/h3-13,22-24,29H,14H2,1-2H3,(H,35,36). The van der Waals surface area contributed by atoms with Gasteiger partial charge in [-0.3, -0.25) is 39.9 Å². The second-order valence-corrected chi connectivity index (χ2v) is 10.2. The van der Waals surface area contributed by atoms with Gasteiger partial charge < -0.3 is 5.11 Å². The molecule has 2 amide bonds. The zero-order valence-electron chi connectivity index (χ0n) is 21.4. The molecule has 2 saturated heterocycles. The highest BCUT2D eigenvalue weighted by Gasteiger charge is 2.68. The molecule has 2 aliphatic rings. The van der Waals surface area contributed by atoms with Crippen LogP contribution in [0, 0.1) is 45.9 Å². The number of amides is 2. The predicted molar refractivity (Wildman–Crippen MR) is 142 cm³/mol. The number of non-ortho nitro benzene ring substituents is 2. The van der Waals surface area contributed by atoms with Crippen molar-refractivity contribution in [2.24, 2.45) is 11.8 Å². The summed E-state index contributed by atoms with van der Waals surface area (Å²) in [6, 6.07) is 15.1. The maximum Gasteiger partial charge on any atom is 0.325 e. The third-order valence-corrected chi connectivity index (χ3v) is 7.73. The highest BCUT2D eigenvalue weighted by Crippen LogP contribution is 2.51. The van der Waals surface area contributed by atoms with Crippen LogP contribution in [0.2, 0.25) is 0 Å². The second-order valence-electron chi connectivity index (χ2n) is 10.2. The molecular formula is C28H24N4O8. The fourth-order valence-corrected chi connectivity index (χ4v) is 5.86. The first kappa shape index (κ1) is 26.6. The lowest BCUT2D eigenvalue weighted by molar-refractivity contribution is -0.385. The molecule has 0 bridgehead atoms. The van der Waals surface area contributed by atoms with Gasteiger partial charge in [0, 0.05) is 36.7 Å². The zero-order chi connectivity index (χ0) is 28.9. The summed E-state index contributed by atoms with van der Waals surface area (Å²) in [7, 11) is 0. The fourth-order valence-electron chi connectivity index (χ4n) is 5.86. The van der Waals surface area contributed by atoms with Gasteiger partial charge in [-0.2, -0.15) is 0 Å². The van der Waals surface area contributed by atoms with Crippen molar-refractivity contribution in [3.05, 3.63) is 109 Å². The van der Waals surface area contributed by atoms with Crippen LogP contribution in [0.4, 0.5) is 17.1 Å². The predicted octanol–water partition coefficient (Wildman–Crippen LogP) is 3.64. The highest BCUT2D eigenvalue weighted by atomic mass is 16.6. The molecule has 12 nitrogen and oxygen atoms in total. The second kappa shape index (κ2) is 9.65. The number of carboxylic acids is 1. The number of fused-ring (bicyclic) bond motifs is 1. The van der Waals surface area contributed by atoms with E-state index in [-0.39, 0.29) is 23.5 Å². The van der Waals surface area contributed by atoms with E-state index in [0.717, 1.165) is 22.1 Å². The van der Waals surface area contributed by atoms with E-state index in [4.69, 9.17) is 0 Å². The quantitative estimate of drug-likeness (QED) is 0.256. The molecule has 2 aliphatic heterocycles. The molecule has 5 rings (SSSR count). The van der Waals surface area contributed by atoms with Crippen molar-refractivity contribution >= 4 is 34.8 Å². The summed E-state index contributed by atoms with van der Waals surface area (Å²) in [6.45, 7) is 3.68. The van der Waals surface area contributed by atoms with E-state index in [0.29, 0.717) is 11.1 Å². The van der Waals surface area contributed by atoms with E-state index in [1.807, 2.05) is 32.0 Å². The smallest absolute Gasteiger partial charge is 0.325 e. The van der Waals surface area contributed by atoms with Crippen LogP contribution < -0.4 is 10.2 Å². The molecule has 2 N–H and O–H groups in total. The number of carboxylic acid groups (broad SMARTS) is 1. The van der Waals surface area contributed by atoms with Crippen LogP contribution in [-0.2, 0) is 20.8 Å². The first-order valence-corrected chi connectivity index (χ1v) is 12.4. The molecule has 2 fully saturated rings. The summed E-state index contributed by atoms with van der Waals surface area (Å²) in [5.74, 6) is -5.31. The van der Waals surface area contributed by atoms with Gasteiger partial charge in [0.1, 0.15) is 5.54 Å². The first-order valence-electron chi connectivity index (χ1n) is 12.4.